The van der Waals surface area contributed by atoms with E-state index in [9.17, 15) is 0 Å². The van der Waals surface area contributed by atoms with Crippen LogP contribution < -0.4 is 4.90 Å². The molecule has 0 unspecified atom stereocenters. The minimum atomic E-state index is 1.06. The summed E-state index contributed by atoms with van der Waals surface area (Å²) in [4.78, 5) is 2.42. The van der Waals surface area contributed by atoms with E-state index >= 15 is 0 Å². The summed E-state index contributed by atoms with van der Waals surface area (Å²) < 4.78 is 0. The molecule has 0 aromatic heterocycles. The molecule has 0 heterocycles. The van der Waals surface area contributed by atoms with Gasteiger partial charge in [0.2, 0.25) is 0 Å². The normalized spacial score (nSPS) is 11.0. The third kappa shape index (κ3) is 9.44. The van der Waals surface area contributed by atoms with Gasteiger partial charge in [-0.1, -0.05) is 243 Å². The van der Waals surface area contributed by atoms with Crippen LogP contribution in [0.4, 0.5) is 17.1 Å². The van der Waals surface area contributed by atoms with E-state index in [1.165, 1.54) is 77.9 Å². The van der Waals surface area contributed by atoms with Crippen LogP contribution in [0.3, 0.4) is 0 Å². The van der Waals surface area contributed by atoms with Crippen LogP contribution in [0.5, 0.6) is 0 Å². The lowest BCUT2D eigenvalue weighted by molar-refractivity contribution is 1.28. The Morgan fingerprint density at radius 2 is 0.384 bits per heavy atom. The van der Waals surface area contributed by atoms with Gasteiger partial charge in [0.15, 0.2) is 0 Å². The molecule has 0 radical (unpaired) electrons. The van der Waals surface area contributed by atoms with Crippen molar-refractivity contribution in [3.8, 4) is 100 Å². The average molecular weight is 930 g/mol. The molecule has 12 aromatic rings. The number of rotatable bonds is 12. The van der Waals surface area contributed by atoms with Crippen molar-refractivity contribution in [1.29, 1.82) is 0 Å². The molecule has 12 rings (SSSR count). The van der Waals surface area contributed by atoms with Crippen LogP contribution in [0.15, 0.2) is 309 Å². The average Bonchev–Trinajstić information content (AvgIpc) is 3.48. The zero-order valence-corrected chi connectivity index (χ0v) is 40.4. The maximum absolute atomic E-state index is 2.42. The number of benzene rings is 12. The first kappa shape index (κ1) is 44.6. The molecule has 1 nitrogen and oxygen atoms in total. The van der Waals surface area contributed by atoms with Crippen LogP contribution >= 0.6 is 0 Å². The second-order valence-electron chi connectivity index (χ2n) is 18.5. The van der Waals surface area contributed by atoms with Gasteiger partial charge in [0.05, 0.1) is 5.69 Å². The van der Waals surface area contributed by atoms with Gasteiger partial charge in [-0.2, -0.15) is 0 Å². The predicted octanol–water partition coefficient (Wildman–Crippen LogP) is 20.2. The Bertz CT molecular complexity index is 3510. The molecule has 344 valence electrons. The van der Waals surface area contributed by atoms with Gasteiger partial charge < -0.3 is 4.90 Å². The van der Waals surface area contributed by atoms with Gasteiger partial charge >= 0.3 is 0 Å². The molecule has 0 fully saturated rings. The Balaban J connectivity index is 1.000. The van der Waals surface area contributed by atoms with Crippen molar-refractivity contribution in [2.24, 2.45) is 0 Å². The van der Waals surface area contributed by atoms with Crippen LogP contribution in [-0.4, -0.2) is 0 Å². The van der Waals surface area contributed by atoms with Crippen LogP contribution in [0.25, 0.3) is 100 Å². The first-order valence-corrected chi connectivity index (χ1v) is 25.1. The maximum atomic E-state index is 2.42. The van der Waals surface area contributed by atoms with Crippen LogP contribution in [0.1, 0.15) is 0 Å². The summed E-state index contributed by atoms with van der Waals surface area (Å²) in [6, 6.07) is 112. The molecular formula is C72H51N. The molecule has 0 aliphatic rings. The fraction of sp³-hybridized carbons (Fsp3) is 0. The van der Waals surface area contributed by atoms with Crippen LogP contribution in [0, 0.1) is 0 Å². The van der Waals surface area contributed by atoms with Crippen LogP contribution in [0.2, 0.25) is 0 Å². The summed E-state index contributed by atoms with van der Waals surface area (Å²) >= 11 is 0. The molecule has 0 aliphatic carbocycles. The molecule has 0 amide bonds. The van der Waals surface area contributed by atoms with E-state index in [0.29, 0.717) is 0 Å². The van der Waals surface area contributed by atoms with Gasteiger partial charge in [-0.15, -0.1) is 0 Å². The highest BCUT2D eigenvalue weighted by molar-refractivity contribution is 5.97. The lowest BCUT2D eigenvalue weighted by Crippen LogP contribution is -2.11. The summed E-state index contributed by atoms with van der Waals surface area (Å²) in [5.74, 6) is 0. The number of nitrogens with zero attached hydrogens (tertiary/aromatic N) is 1. The van der Waals surface area contributed by atoms with E-state index in [2.05, 4.69) is 314 Å². The van der Waals surface area contributed by atoms with E-state index in [1.54, 1.807) is 0 Å². The highest BCUT2D eigenvalue weighted by atomic mass is 15.1. The quantitative estimate of drug-likeness (QED) is 0.118. The zero-order valence-electron chi connectivity index (χ0n) is 40.4. The van der Waals surface area contributed by atoms with Gasteiger partial charge in [0.1, 0.15) is 0 Å². The van der Waals surface area contributed by atoms with E-state index < -0.39 is 0 Å². The Kier molecular flexibility index (Phi) is 12.5. The van der Waals surface area contributed by atoms with E-state index in [4.69, 9.17) is 0 Å². The number of anilines is 3. The van der Waals surface area contributed by atoms with Crippen molar-refractivity contribution < 1.29 is 0 Å². The summed E-state index contributed by atoms with van der Waals surface area (Å²) in [5.41, 5.74) is 24.5. The molecule has 0 spiro atoms. The number of para-hydroxylation sites is 1. The highest BCUT2D eigenvalue weighted by Crippen LogP contribution is 2.46. The largest absolute Gasteiger partial charge is 0.310 e. The summed E-state index contributed by atoms with van der Waals surface area (Å²) in [5, 5.41) is 0. The Morgan fingerprint density at radius 1 is 0.151 bits per heavy atom. The SMILES string of the molecule is c1ccc(-c2cc(-c3ccccc3)cc(-c3ccc(N(c4ccc(-c5cc(-c6ccccc6)cc(-c6ccccc6)c5)cc4)c4ccccc4-c4ccccc4-c4ccccc4-c4ccccc4)cc3)c2)cc1. The number of hydrogen-bond donors (Lipinski definition) is 0. The smallest absolute Gasteiger partial charge is 0.0540 e. The third-order valence-corrected chi connectivity index (χ3v) is 13.9. The Labute approximate surface area is 429 Å². The molecule has 0 aliphatic heterocycles. The minimum Gasteiger partial charge on any atom is -0.310 e. The molecule has 12 aromatic carbocycles. The topological polar surface area (TPSA) is 3.24 Å². The van der Waals surface area contributed by atoms with E-state index in [1.807, 2.05) is 0 Å². The third-order valence-electron chi connectivity index (χ3n) is 13.9. The molecule has 0 atom stereocenters. The van der Waals surface area contributed by atoms with Crippen molar-refractivity contribution in [2.75, 3.05) is 4.90 Å². The van der Waals surface area contributed by atoms with Gasteiger partial charge in [0.25, 0.3) is 0 Å². The molecular weight excluding hydrogens is 879 g/mol. The highest BCUT2D eigenvalue weighted by Gasteiger charge is 2.21. The molecule has 0 N–H and O–H groups in total. The molecule has 0 saturated heterocycles. The van der Waals surface area contributed by atoms with Gasteiger partial charge in [0, 0.05) is 16.9 Å². The molecule has 0 saturated carbocycles. The fourth-order valence-electron chi connectivity index (χ4n) is 10.2. The monoisotopic (exact) mass is 929 g/mol. The minimum absolute atomic E-state index is 1.06. The predicted molar refractivity (Wildman–Crippen MR) is 310 cm³/mol. The van der Waals surface area contributed by atoms with Crippen LogP contribution in [-0.2, 0) is 0 Å². The summed E-state index contributed by atoms with van der Waals surface area (Å²) in [6.07, 6.45) is 0. The van der Waals surface area contributed by atoms with Crippen molar-refractivity contribution in [3.63, 3.8) is 0 Å². The first-order valence-electron chi connectivity index (χ1n) is 25.1. The summed E-state index contributed by atoms with van der Waals surface area (Å²) in [7, 11) is 0. The second-order valence-corrected chi connectivity index (χ2v) is 18.5. The maximum Gasteiger partial charge on any atom is 0.0540 e. The van der Waals surface area contributed by atoms with Gasteiger partial charge in [-0.3, -0.25) is 0 Å². The van der Waals surface area contributed by atoms with E-state index in [-0.39, 0.29) is 0 Å². The Hall–Kier alpha value is -9.56. The second kappa shape index (κ2) is 20.4. The zero-order chi connectivity index (χ0) is 48.8. The molecule has 0 bridgehead atoms. The fourth-order valence-corrected chi connectivity index (χ4v) is 10.2. The van der Waals surface area contributed by atoms with Crippen molar-refractivity contribution in [3.05, 3.63) is 309 Å². The first-order chi connectivity index (χ1) is 36.2. The van der Waals surface area contributed by atoms with E-state index in [0.717, 1.165) is 39.3 Å². The van der Waals surface area contributed by atoms with Gasteiger partial charge in [-0.25, -0.2) is 0 Å². The lowest BCUT2D eigenvalue weighted by Gasteiger charge is -2.29. The van der Waals surface area contributed by atoms with Crippen molar-refractivity contribution in [1.82, 2.24) is 0 Å². The van der Waals surface area contributed by atoms with Gasteiger partial charge in [-0.05, 0) is 161 Å². The van der Waals surface area contributed by atoms with Crippen molar-refractivity contribution in [2.45, 2.75) is 0 Å². The summed E-state index contributed by atoms with van der Waals surface area (Å²) in [6.45, 7) is 0. The standard InChI is InChI=1S/C72H51N/c1-6-22-52(23-7-1)59-46-60(53-24-8-2-9-25-53)49-63(48-59)56-38-42-65(43-39-56)73(66-44-40-57(41-45-66)64-50-61(54-26-10-3-11-27-54)47-62(51-64)55-28-12-4-13-29-55)72-37-21-20-36-71(72)70-35-19-18-34-69(70)68-33-17-16-32-67(68)58-30-14-5-15-31-58/h1-51H. The Morgan fingerprint density at radius 3 is 0.726 bits per heavy atom. The lowest BCUT2D eigenvalue weighted by atomic mass is 9.88. The molecule has 73 heavy (non-hydrogen) atoms. The number of hydrogen-bond acceptors (Lipinski definition) is 1. The van der Waals surface area contributed by atoms with Crippen molar-refractivity contribution >= 4 is 17.1 Å². The molecule has 1 heteroatoms.